The monoisotopic (exact) mass is 246 g/mol. The molecule has 4 heteroatoms. The molecule has 2 aromatic rings. The van der Waals surface area contributed by atoms with Crippen LogP contribution < -0.4 is 0 Å². The number of aromatic hydroxyl groups is 1. The van der Waals surface area contributed by atoms with E-state index in [0.717, 1.165) is 27.0 Å². The standard InChI is InChI=1S/C13H14N2OS/c1-8-9(2)14-13(15-10(8)3)17-12-6-4-11(16)5-7-12/h4-7,16H,1-3H3. The fourth-order valence-corrected chi connectivity index (χ4v) is 2.25. The van der Waals surface area contributed by atoms with Gasteiger partial charge in [0, 0.05) is 16.3 Å². The third-order valence-corrected chi connectivity index (χ3v) is 3.53. The van der Waals surface area contributed by atoms with Crippen LogP contribution in [0.15, 0.2) is 34.3 Å². The van der Waals surface area contributed by atoms with Gasteiger partial charge in [0.2, 0.25) is 0 Å². The molecular formula is C13H14N2OS. The second-order valence-electron chi connectivity index (χ2n) is 3.90. The first-order valence-electron chi connectivity index (χ1n) is 5.35. The van der Waals surface area contributed by atoms with E-state index in [9.17, 15) is 5.11 Å². The lowest BCUT2D eigenvalue weighted by atomic mass is 10.2. The summed E-state index contributed by atoms with van der Waals surface area (Å²) in [5.41, 5.74) is 3.16. The topological polar surface area (TPSA) is 46.0 Å². The Bertz CT molecular complexity index is 515. The summed E-state index contributed by atoms with van der Waals surface area (Å²) in [7, 11) is 0. The molecule has 0 fully saturated rings. The lowest BCUT2D eigenvalue weighted by Gasteiger charge is -2.06. The Morgan fingerprint density at radius 2 is 1.47 bits per heavy atom. The number of hydrogen-bond donors (Lipinski definition) is 1. The first kappa shape index (κ1) is 11.9. The molecule has 0 bridgehead atoms. The average Bonchev–Trinajstić information content (AvgIpc) is 2.29. The highest BCUT2D eigenvalue weighted by Crippen LogP contribution is 2.27. The minimum Gasteiger partial charge on any atom is -0.508 e. The highest BCUT2D eigenvalue weighted by Gasteiger charge is 2.06. The van der Waals surface area contributed by atoms with Crippen LogP contribution >= 0.6 is 11.8 Å². The van der Waals surface area contributed by atoms with E-state index in [1.807, 2.05) is 32.9 Å². The van der Waals surface area contributed by atoms with Crippen molar-refractivity contribution in [2.75, 3.05) is 0 Å². The van der Waals surface area contributed by atoms with Crippen LogP contribution in [0.25, 0.3) is 0 Å². The molecule has 2 rings (SSSR count). The number of rotatable bonds is 2. The number of aromatic nitrogens is 2. The van der Waals surface area contributed by atoms with Crippen molar-refractivity contribution in [3.63, 3.8) is 0 Å². The minimum absolute atomic E-state index is 0.270. The van der Waals surface area contributed by atoms with Gasteiger partial charge in [0.25, 0.3) is 0 Å². The molecule has 17 heavy (non-hydrogen) atoms. The molecule has 1 N–H and O–H groups in total. The first-order chi connectivity index (χ1) is 8.06. The molecule has 0 aliphatic heterocycles. The smallest absolute Gasteiger partial charge is 0.192 e. The van der Waals surface area contributed by atoms with Crippen LogP contribution in [-0.4, -0.2) is 15.1 Å². The fraction of sp³-hybridized carbons (Fsp3) is 0.231. The number of aryl methyl sites for hydroxylation is 2. The molecule has 0 aliphatic carbocycles. The van der Waals surface area contributed by atoms with E-state index >= 15 is 0 Å². The Hall–Kier alpha value is -1.55. The maximum Gasteiger partial charge on any atom is 0.192 e. The van der Waals surface area contributed by atoms with E-state index < -0.39 is 0 Å². The number of phenolic OH excluding ortho intramolecular Hbond substituents is 1. The second-order valence-corrected chi connectivity index (χ2v) is 4.94. The van der Waals surface area contributed by atoms with Crippen LogP contribution in [0.2, 0.25) is 0 Å². The second kappa shape index (κ2) is 4.75. The van der Waals surface area contributed by atoms with Gasteiger partial charge in [-0.1, -0.05) is 0 Å². The summed E-state index contributed by atoms with van der Waals surface area (Å²) < 4.78 is 0. The molecule has 0 saturated heterocycles. The van der Waals surface area contributed by atoms with E-state index in [1.54, 1.807) is 12.1 Å². The van der Waals surface area contributed by atoms with Crippen molar-refractivity contribution in [1.29, 1.82) is 0 Å². The molecule has 1 heterocycles. The fourth-order valence-electron chi connectivity index (χ4n) is 1.41. The summed E-state index contributed by atoms with van der Waals surface area (Å²) in [5.74, 6) is 0.270. The van der Waals surface area contributed by atoms with Crippen molar-refractivity contribution in [2.24, 2.45) is 0 Å². The lowest BCUT2D eigenvalue weighted by Crippen LogP contribution is -1.97. The van der Waals surface area contributed by atoms with E-state index in [4.69, 9.17) is 0 Å². The molecule has 88 valence electrons. The summed E-state index contributed by atoms with van der Waals surface area (Å²) >= 11 is 1.50. The highest BCUT2D eigenvalue weighted by molar-refractivity contribution is 7.99. The molecule has 0 unspecified atom stereocenters. The molecule has 0 atom stereocenters. The van der Waals surface area contributed by atoms with E-state index in [-0.39, 0.29) is 5.75 Å². The van der Waals surface area contributed by atoms with E-state index in [2.05, 4.69) is 9.97 Å². The molecular weight excluding hydrogens is 232 g/mol. The minimum atomic E-state index is 0.270. The van der Waals surface area contributed by atoms with Gasteiger partial charge in [-0.05, 0) is 62.4 Å². The zero-order valence-electron chi connectivity index (χ0n) is 10.1. The van der Waals surface area contributed by atoms with Crippen LogP contribution in [0, 0.1) is 20.8 Å². The molecule has 0 spiro atoms. The molecule has 0 saturated carbocycles. The molecule has 0 aliphatic rings. The summed E-state index contributed by atoms with van der Waals surface area (Å²) in [5, 5.41) is 9.95. The van der Waals surface area contributed by atoms with Gasteiger partial charge in [-0.2, -0.15) is 0 Å². The quantitative estimate of drug-likeness (QED) is 0.826. The Balaban J connectivity index is 2.27. The lowest BCUT2D eigenvalue weighted by molar-refractivity contribution is 0.475. The van der Waals surface area contributed by atoms with Gasteiger partial charge < -0.3 is 5.11 Å². The summed E-state index contributed by atoms with van der Waals surface area (Å²) in [6, 6.07) is 7.04. The predicted molar refractivity (Wildman–Crippen MR) is 68.5 cm³/mol. The van der Waals surface area contributed by atoms with Gasteiger partial charge in [-0.15, -0.1) is 0 Å². The van der Waals surface area contributed by atoms with Crippen molar-refractivity contribution < 1.29 is 5.11 Å². The predicted octanol–water partition coefficient (Wildman–Crippen LogP) is 3.26. The summed E-state index contributed by atoms with van der Waals surface area (Å²) in [6.07, 6.45) is 0. The third kappa shape index (κ3) is 2.77. The first-order valence-corrected chi connectivity index (χ1v) is 6.16. The normalized spacial score (nSPS) is 10.5. The zero-order valence-corrected chi connectivity index (χ0v) is 10.9. The number of hydrogen-bond acceptors (Lipinski definition) is 4. The average molecular weight is 246 g/mol. The van der Waals surface area contributed by atoms with Crippen LogP contribution in [0.4, 0.5) is 0 Å². The number of benzene rings is 1. The summed E-state index contributed by atoms with van der Waals surface area (Å²) in [6.45, 7) is 6.01. The zero-order chi connectivity index (χ0) is 12.4. The molecule has 0 amide bonds. The molecule has 1 aromatic carbocycles. The largest absolute Gasteiger partial charge is 0.508 e. The number of nitrogens with zero attached hydrogens (tertiary/aromatic N) is 2. The van der Waals surface area contributed by atoms with Gasteiger partial charge in [-0.3, -0.25) is 0 Å². The Labute approximate surface area is 105 Å². The van der Waals surface area contributed by atoms with Gasteiger partial charge in [0.05, 0.1) is 0 Å². The number of phenols is 1. The van der Waals surface area contributed by atoms with Crippen molar-refractivity contribution >= 4 is 11.8 Å². The van der Waals surface area contributed by atoms with Crippen LogP contribution in [0.5, 0.6) is 5.75 Å². The van der Waals surface area contributed by atoms with E-state index in [0.29, 0.717) is 0 Å². The molecule has 0 radical (unpaired) electrons. The SMILES string of the molecule is Cc1nc(Sc2ccc(O)cc2)nc(C)c1C. The van der Waals surface area contributed by atoms with Crippen LogP contribution in [-0.2, 0) is 0 Å². The maximum absolute atomic E-state index is 9.21. The van der Waals surface area contributed by atoms with Crippen LogP contribution in [0.1, 0.15) is 17.0 Å². The Morgan fingerprint density at radius 1 is 0.941 bits per heavy atom. The van der Waals surface area contributed by atoms with E-state index in [1.165, 1.54) is 11.8 Å². The Kier molecular flexibility index (Phi) is 3.33. The van der Waals surface area contributed by atoms with Crippen molar-refractivity contribution in [3.05, 3.63) is 41.2 Å². The highest BCUT2D eigenvalue weighted by atomic mass is 32.2. The molecule has 3 nitrogen and oxygen atoms in total. The van der Waals surface area contributed by atoms with Gasteiger partial charge in [0.1, 0.15) is 5.75 Å². The van der Waals surface area contributed by atoms with Gasteiger partial charge >= 0.3 is 0 Å². The third-order valence-electron chi connectivity index (χ3n) is 2.66. The summed E-state index contributed by atoms with van der Waals surface area (Å²) in [4.78, 5) is 9.90. The van der Waals surface area contributed by atoms with Crippen molar-refractivity contribution in [1.82, 2.24) is 9.97 Å². The van der Waals surface area contributed by atoms with Gasteiger partial charge in [-0.25, -0.2) is 9.97 Å². The maximum atomic E-state index is 9.21. The molecule has 1 aromatic heterocycles. The van der Waals surface area contributed by atoms with Crippen molar-refractivity contribution in [2.45, 2.75) is 30.8 Å². The van der Waals surface area contributed by atoms with Crippen LogP contribution in [0.3, 0.4) is 0 Å². The Morgan fingerprint density at radius 3 is 2.00 bits per heavy atom. The van der Waals surface area contributed by atoms with Crippen molar-refractivity contribution in [3.8, 4) is 5.75 Å². The van der Waals surface area contributed by atoms with Gasteiger partial charge in [0.15, 0.2) is 5.16 Å².